The van der Waals surface area contributed by atoms with Crippen LogP contribution in [-0.4, -0.2) is 25.8 Å². The third-order valence-corrected chi connectivity index (χ3v) is 4.14. The maximum absolute atomic E-state index is 13.9. The Morgan fingerprint density at radius 3 is 2.68 bits per heavy atom. The van der Waals surface area contributed by atoms with E-state index in [9.17, 15) is 13.2 Å². The monoisotopic (exact) mass is 362 g/mol. The van der Waals surface area contributed by atoms with Crippen molar-refractivity contribution in [1.29, 1.82) is 0 Å². The van der Waals surface area contributed by atoms with E-state index < -0.39 is 12.1 Å². The molecule has 3 aromatic heterocycles. The second-order valence-corrected chi connectivity index (χ2v) is 5.93. The van der Waals surface area contributed by atoms with Gasteiger partial charge in [-0.25, -0.2) is 9.50 Å². The van der Waals surface area contributed by atoms with Gasteiger partial charge in [0.15, 0.2) is 5.65 Å². The van der Waals surface area contributed by atoms with Gasteiger partial charge < -0.3 is 0 Å². The Hall–Kier alpha value is -2.67. The molecule has 0 spiro atoms. The van der Waals surface area contributed by atoms with Gasteiger partial charge in [0.1, 0.15) is 11.1 Å². The molecule has 0 saturated heterocycles. The van der Waals surface area contributed by atoms with E-state index in [1.165, 1.54) is 30.5 Å². The molecule has 3 heterocycles. The molecule has 0 aliphatic carbocycles. The van der Waals surface area contributed by atoms with Crippen LogP contribution >= 0.6 is 11.6 Å². The molecule has 0 radical (unpaired) electrons. The van der Waals surface area contributed by atoms with Crippen LogP contribution in [0.25, 0.3) is 16.6 Å². The number of pyridine rings is 1. The molecule has 4 rings (SSSR count). The van der Waals surface area contributed by atoms with Crippen molar-refractivity contribution in [1.82, 2.24) is 19.6 Å². The largest absolute Gasteiger partial charge is 0.401 e. The van der Waals surface area contributed by atoms with E-state index in [4.69, 9.17) is 11.6 Å². The molecule has 126 valence electrons. The number of hydrogen-bond acceptors (Lipinski definition) is 3. The number of halogens is 4. The lowest BCUT2D eigenvalue weighted by molar-refractivity contribution is -0.142. The van der Waals surface area contributed by atoms with Crippen LogP contribution in [0.5, 0.6) is 0 Å². The van der Waals surface area contributed by atoms with Crippen LogP contribution in [0, 0.1) is 0 Å². The Morgan fingerprint density at radius 2 is 1.88 bits per heavy atom. The minimum atomic E-state index is -4.52. The summed E-state index contributed by atoms with van der Waals surface area (Å²) in [7, 11) is 0. The van der Waals surface area contributed by atoms with Crippen molar-refractivity contribution in [2.75, 3.05) is 0 Å². The predicted octanol–water partition coefficient (Wildman–Crippen LogP) is 4.63. The maximum atomic E-state index is 13.9. The van der Waals surface area contributed by atoms with Crippen LogP contribution < -0.4 is 0 Å². The van der Waals surface area contributed by atoms with E-state index in [0.717, 1.165) is 4.52 Å². The van der Waals surface area contributed by atoms with E-state index in [1.54, 1.807) is 24.4 Å². The molecule has 0 aliphatic rings. The van der Waals surface area contributed by atoms with Gasteiger partial charge in [-0.1, -0.05) is 23.7 Å². The molecule has 1 atom stereocenters. The fourth-order valence-electron chi connectivity index (χ4n) is 2.87. The summed E-state index contributed by atoms with van der Waals surface area (Å²) in [6.07, 6.45) is -1.74. The molecule has 1 unspecified atom stereocenters. The van der Waals surface area contributed by atoms with Crippen molar-refractivity contribution >= 4 is 28.2 Å². The van der Waals surface area contributed by atoms with Crippen molar-refractivity contribution in [3.8, 4) is 0 Å². The fourth-order valence-corrected chi connectivity index (χ4v) is 3.01. The fraction of sp³-hybridized carbons (Fsp3) is 0.118. The zero-order chi connectivity index (χ0) is 17.6. The zero-order valence-corrected chi connectivity index (χ0v) is 13.3. The molecule has 4 aromatic rings. The Bertz CT molecular complexity index is 1070. The van der Waals surface area contributed by atoms with Crippen LogP contribution in [0.3, 0.4) is 0 Å². The standard InChI is InChI=1S/C17H10ClF3N4/c18-14-5-6-15-23-9-13(25(15)24-14)16(17(19,20)21)11-3-4-12-10(8-11)2-1-7-22-12/h1-9,16H. The highest BCUT2D eigenvalue weighted by molar-refractivity contribution is 6.29. The van der Waals surface area contributed by atoms with Crippen molar-refractivity contribution in [2.45, 2.75) is 12.1 Å². The summed E-state index contributed by atoms with van der Waals surface area (Å²) in [5.74, 6) is -1.88. The smallest absolute Gasteiger partial charge is 0.256 e. The molecular formula is C17H10ClF3N4. The molecular weight excluding hydrogens is 353 g/mol. The van der Waals surface area contributed by atoms with Gasteiger partial charge in [-0.15, -0.1) is 0 Å². The second-order valence-electron chi connectivity index (χ2n) is 5.54. The summed E-state index contributed by atoms with van der Waals surface area (Å²) in [5, 5.41) is 4.69. The first-order valence-electron chi connectivity index (χ1n) is 7.35. The number of aromatic nitrogens is 4. The lowest BCUT2D eigenvalue weighted by atomic mass is 9.94. The number of benzene rings is 1. The lowest BCUT2D eigenvalue weighted by Gasteiger charge is -2.20. The molecule has 25 heavy (non-hydrogen) atoms. The maximum Gasteiger partial charge on any atom is 0.401 e. The molecule has 0 aliphatic heterocycles. The Morgan fingerprint density at radius 1 is 1.04 bits per heavy atom. The van der Waals surface area contributed by atoms with Gasteiger partial charge in [-0.3, -0.25) is 4.98 Å². The quantitative estimate of drug-likeness (QED) is 0.522. The lowest BCUT2D eigenvalue weighted by Crippen LogP contribution is -2.23. The van der Waals surface area contributed by atoms with Crippen LogP contribution in [-0.2, 0) is 0 Å². The molecule has 0 amide bonds. The average Bonchev–Trinajstić information content (AvgIpc) is 2.96. The van der Waals surface area contributed by atoms with Gasteiger partial charge in [0.2, 0.25) is 0 Å². The normalized spacial score (nSPS) is 13.4. The molecule has 8 heteroatoms. The van der Waals surface area contributed by atoms with E-state index in [2.05, 4.69) is 15.1 Å². The summed E-state index contributed by atoms with van der Waals surface area (Å²) in [4.78, 5) is 8.15. The van der Waals surface area contributed by atoms with Crippen LogP contribution in [0.1, 0.15) is 17.2 Å². The number of fused-ring (bicyclic) bond motifs is 2. The summed E-state index contributed by atoms with van der Waals surface area (Å²) >= 11 is 5.84. The molecule has 1 aromatic carbocycles. The van der Waals surface area contributed by atoms with Gasteiger partial charge in [-0.2, -0.15) is 18.3 Å². The first-order valence-corrected chi connectivity index (χ1v) is 7.73. The highest BCUT2D eigenvalue weighted by Crippen LogP contribution is 2.40. The van der Waals surface area contributed by atoms with E-state index in [-0.39, 0.29) is 16.4 Å². The summed E-state index contributed by atoms with van der Waals surface area (Å²) in [6, 6.07) is 10.9. The van der Waals surface area contributed by atoms with E-state index in [0.29, 0.717) is 16.6 Å². The SMILES string of the molecule is FC(F)(F)C(c1ccc2ncccc2c1)c1cnc2ccc(Cl)nn12. The van der Waals surface area contributed by atoms with Crippen molar-refractivity contribution in [2.24, 2.45) is 0 Å². The van der Waals surface area contributed by atoms with Crippen LogP contribution in [0.15, 0.2) is 54.9 Å². The average molecular weight is 363 g/mol. The third kappa shape index (κ3) is 2.80. The van der Waals surface area contributed by atoms with E-state index >= 15 is 0 Å². The van der Waals surface area contributed by atoms with Gasteiger partial charge in [0.05, 0.1) is 17.4 Å². The Balaban J connectivity index is 1.94. The van der Waals surface area contributed by atoms with E-state index in [1.807, 2.05) is 0 Å². The Kier molecular flexibility index (Phi) is 3.61. The zero-order valence-electron chi connectivity index (χ0n) is 12.6. The first-order chi connectivity index (χ1) is 11.9. The van der Waals surface area contributed by atoms with Crippen molar-refractivity contribution in [3.05, 3.63) is 71.3 Å². The highest BCUT2D eigenvalue weighted by Gasteiger charge is 2.44. The number of hydrogen-bond donors (Lipinski definition) is 0. The third-order valence-electron chi connectivity index (χ3n) is 3.94. The van der Waals surface area contributed by atoms with Crippen molar-refractivity contribution < 1.29 is 13.2 Å². The topological polar surface area (TPSA) is 43.1 Å². The summed E-state index contributed by atoms with van der Waals surface area (Å²) in [5.41, 5.74) is 0.937. The van der Waals surface area contributed by atoms with Gasteiger partial charge in [0, 0.05) is 11.6 Å². The molecule has 4 nitrogen and oxygen atoms in total. The second kappa shape index (κ2) is 5.70. The minimum absolute atomic E-state index is 0.0896. The Labute approximate surface area is 144 Å². The molecule has 0 saturated carbocycles. The number of nitrogens with zero attached hydrogens (tertiary/aromatic N) is 4. The van der Waals surface area contributed by atoms with Crippen molar-refractivity contribution in [3.63, 3.8) is 0 Å². The van der Waals surface area contributed by atoms with Crippen LogP contribution in [0.4, 0.5) is 13.2 Å². The minimum Gasteiger partial charge on any atom is -0.256 e. The molecule has 0 bridgehead atoms. The molecule has 0 N–H and O–H groups in total. The van der Waals surface area contributed by atoms with Gasteiger partial charge in [0.25, 0.3) is 0 Å². The van der Waals surface area contributed by atoms with Gasteiger partial charge >= 0.3 is 6.18 Å². The van der Waals surface area contributed by atoms with Gasteiger partial charge in [-0.05, 0) is 35.9 Å². The number of imidazole rings is 1. The number of rotatable bonds is 2. The number of alkyl halides is 3. The van der Waals surface area contributed by atoms with Crippen LogP contribution in [0.2, 0.25) is 5.15 Å². The predicted molar refractivity (Wildman–Crippen MR) is 87.6 cm³/mol. The molecule has 0 fully saturated rings. The summed E-state index contributed by atoms with van der Waals surface area (Å²) in [6.45, 7) is 0. The first kappa shape index (κ1) is 15.8. The summed E-state index contributed by atoms with van der Waals surface area (Å²) < 4.78 is 42.8. The highest BCUT2D eigenvalue weighted by atomic mass is 35.5.